The van der Waals surface area contributed by atoms with Crippen LogP contribution in [0.3, 0.4) is 0 Å². The first-order valence-electron chi connectivity index (χ1n) is 7.80. The fraction of sp³-hybridized carbons (Fsp3) is 0.211. The maximum Gasteiger partial charge on any atom is 0.228 e. The molecule has 5 nitrogen and oxygen atoms in total. The van der Waals surface area contributed by atoms with Crippen LogP contribution in [-0.4, -0.2) is 16.0 Å². The van der Waals surface area contributed by atoms with Gasteiger partial charge in [-0.3, -0.25) is 9.78 Å². The molecule has 0 fully saturated rings. The molecular formula is C19H19N3O2. The summed E-state index contributed by atoms with van der Waals surface area (Å²) in [5.74, 6) is 0.441. The third-order valence-corrected chi connectivity index (χ3v) is 3.77. The molecular weight excluding hydrogens is 302 g/mol. The zero-order chi connectivity index (χ0) is 16.9. The van der Waals surface area contributed by atoms with Crippen molar-refractivity contribution in [3.63, 3.8) is 0 Å². The lowest BCUT2D eigenvalue weighted by atomic mass is 9.98. The highest BCUT2D eigenvalue weighted by Crippen LogP contribution is 2.22. The van der Waals surface area contributed by atoms with Crippen LogP contribution in [0, 0.1) is 13.8 Å². The third kappa shape index (κ3) is 3.87. The normalized spacial score (nSPS) is 11.9. The molecule has 1 amide bonds. The largest absolute Gasteiger partial charge is 0.361 e. The molecule has 0 unspecified atom stereocenters. The van der Waals surface area contributed by atoms with Crippen LogP contribution < -0.4 is 5.32 Å². The van der Waals surface area contributed by atoms with E-state index in [4.69, 9.17) is 4.52 Å². The monoisotopic (exact) mass is 321 g/mol. The highest BCUT2D eigenvalue weighted by Gasteiger charge is 2.18. The first-order chi connectivity index (χ1) is 11.6. The highest BCUT2D eigenvalue weighted by molar-refractivity contribution is 5.79. The average Bonchev–Trinajstić information content (AvgIpc) is 2.99. The molecule has 0 radical (unpaired) electrons. The fourth-order valence-electron chi connectivity index (χ4n) is 2.54. The van der Waals surface area contributed by atoms with Gasteiger partial charge < -0.3 is 9.84 Å². The van der Waals surface area contributed by atoms with Gasteiger partial charge in [0.1, 0.15) is 5.76 Å². The molecule has 2 heterocycles. The number of hydrogen-bond acceptors (Lipinski definition) is 4. The van der Waals surface area contributed by atoms with Gasteiger partial charge >= 0.3 is 0 Å². The van der Waals surface area contributed by atoms with E-state index in [9.17, 15) is 4.79 Å². The maximum atomic E-state index is 12.4. The number of aryl methyl sites for hydroxylation is 2. The third-order valence-electron chi connectivity index (χ3n) is 3.77. The molecule has 1 atom stereocenters. The van der Waals surface area contributed by atoms with Gasteiger partial charge in [-0.05, 0) is 37.1 Å². The minimum Gasteiger partial charge on any atom is -0.361 e. The zero-order valence-electron chi connectivity index (χ0n) is 13.7. The van der Waals surface area contributed by atoms with Crippen LogP contribution in [0.4, 0.5) is 0 Å². The molecule has 24 heavy (non-hydrogen) atoms. The van der Waals surface area contributed by atoms with Crippen LogP contribution in [-0.2, 0) is 11.2 Å². The smallest absolute Gasteiger partial charge is 0.228 e. The molecule has 0 saturated carbocycles. The predicted molar refractivity (Wildman–Crippen MR) is 90.3 cm³/mol. The van der Waals surface area contributed by atoms with Gasteiger partial charge in [-0.15, -0.1) is 0 Å². The number of nitrogens with zero attached hydrogens (tertiary/aromatic N) is 2. The number of aromatic nitrogens is 2. The van der Waals surface area contributed by atoms with Gasteiger partial charge in [0.05, 0.1) is 18.2 Å². The van der Waals surface area contributed by atoms with Crippen LogP contribution in [0.2, 0.25) is 0 Å². The summed E-state index contributed by atoms with van der Waals surface area (Å²) in [7, 11) is 0. The van der Waals surface area contributed by atoms with E-state index in [0.717, 1.165) is 16.8 Å². The number of pyridine rings is 1. The Hall–Kier alpha value is -2.95. The highest BCUT2D eigenvalue weighted by atomic mass is 16.5. The summed E-state index contributed by atoms with van der Waals surface area (Å²) in [6, 6.07) is 13.5. The summed E-state index contributed by atoms with van der Waals surface area (Å²) in [5, 5.41) is 6.88. The summed E-state index contributed by atoms with van der Waals surface area (Å²) < 4.78 is 5.12. The van der Waals surface area contributed by atoms with Gasteiger partial charge in [0.25, 0.3) is 0 Å². The molecule has 1 aromatic carbocycles. The number of amides is 1. The Morgan fingerprint density at radius 3 is 2.38 bits per heavy atom. The number of benzene rings is 1. The first-order valence-corrected chi connectivity index (χ1v) is 7.80. The minimum absolute atomic E-state index is 0.117. The standard InChI is InChI=1S/C19H19N3O2/c1-13-3-5-15(6-4-13)19(16-7-9-20-10-8-16)21-18(23)12-17-11-14(2)22-24-17/h3-11,19H,12H2,1-2H3,(H,21,23)/t19-/m0/s1. The number of nitrogens with one attached hydrogen (secondary N) is 1. The molecule has 0 saturated heterocycles. The van der Waals surface area contributed by atoms with Gasteiger partial charge in [0, 0.05) is 18.5 Å². The van der Waals surface area contributed by atoms with Crippen molar-refractivity contribution in [1.82, 2.24) is 15.5 Å². The Kier molecular flexibility index (Phi) is 4.70. The van der Waals surface area contributed by atoms with Crippen LogP contribution in [0.25, 0.3) is 0 Å². The van der Waals surface area contributed by atoms with Crippen molar-refractivity contribution in [2.75, 3.05) is 0 Å². The number of carbonyl (C=O) groups is 1. The number of rotatable bonds is 5. The number of hydrogen-bond donors (Lipinski definition) is 1. The summed E-state index contributed by atoms with van der Waals surface area (Å²) in [5.41, 5.74) is 3.95. The molecule has 1 N–H and O–H groups in total. The summed E-state index contributed by atoms with van der Waals surface area (Å²) in [6.07, 6.45) is 3.61. The second-order valence-electron chi connectivity index (χ2n) is 5.80. The van der Waals surface area contributed by atoms with Crippen LogP contribution in [0.1, 0.15) is 34.2 Å². The van der Waals surface area contributed by atoms with Crippen LogP contribution >= 0.6 is 0 Å². The van der Waals surface area contributed by atoms with Gasteiger partial charge in [-0.1, -0.05) is 35.0 Å². The molecule has 0 aliphatic carbocycles. The molecule has 3 rings (SSSR count). The van der Waals surface area contributed by atoms with E-state index in [1.54, 1.807) is 18.5 Å². The Morgan fingerprint density at radius 2 is 1.75 bits per heavy atom. The van der Waals surface area contributed by atoms with Crippen molar-refractivity contribution in [2.24, 2.45) is 0 Å². The molecule has 0 spiro atoms. The van der Waals surface area contributed by atoms with Gasteiger partial charge in [-0.25, -0.2) is 0 Å². The molecule has 5 heteroatoms. The Morgan fingerprint density at radius 1 is 1.08 bits per heavy atom. The van der Waals surface area contributed by atoms with Crippen molar-refractivity contribution in [3.05, 3.63) is 83.0 Å². The molecule has 3 aromatic rings. The average molecular weight is 321 g/mol. The second kappa shape index (κ2) is 7.08. The van der Waals surface area contributed by atoms with Gasteiger partial charge in [0.15, 0.2) is 0 Å². The Balaban J connectivity index is 1.82. The minimum atomic E-state index is -0.231. The topological polar surface area (TPSA) is 68.0 Å². The maximum absolute atomic E-state index is 12.4. The predicted octanol–water partition coefficient (Wildman–Crippen LogP) is 3.13. The van der Waals surface area contributed by atoms with Gasteiger partial charge in [0.2, 0.25) is 5.91 Å². The molecule has 0 aliphatic rings. The summed E-state index contributed by atoms with van der Waals surface area (Å²) in [6.45, 7) is 3.87. The second-order valence-corrected chi connectivity index (χ2v) is 5.80. The van der Waals surface area contributed by atoms with E-state index in [1.165, 1.54) is 5.56 Å². The zero-order valence-corrected chi connectivity index (χ0v) is 13.7. The van der Waals surface area contributed by atoms with E-state index in [2.05, 4.69) is 15.5 Å². The fourth-order valence-corrected chi connectivity index (χ4v) is 2.54. The quantitative estimate of drug-likeness (QED) is 0.784. The lowest BCUT2D eigenvalue weighted by molar-refractivity contribution is -0.121. The van der Waals surface area contributed by atoms with E-state index >= 15 is 0 Å². The van der Waals surface area contributed by atoms with Crippen LogP contribution in [0.5, 0.6) is 0 Å². The Labute approximate surface area is 140 Å². The van der Waals surface area contributed by atoms with E-state index in [0.29, 0.717) is 5.76 Å². The van der Waals surface area contributed by atoms with E-state index in [-0.39, 0.29) is 18.4 Å². The molecule has 0 aliphatic heterocycles. The van der Waals surface area contributed by atoms with Gasteiger partial charge in [-0.2, -0.15) is 0 Å². The molecule has 0 bridgehead atoms. The molecule has 122 valence electrons. The van der Waals surface area contributed by atoms with E-state index < -0.39 is 0 Å². The lowest BCUT2D eigenvalue weighted by Gasteiger charge is -2.19. The van der Waals surface area contributed by atoms with Crippen molar-refractivity contribution in [2.45, 2.75) is 26.3 Å². The SMILES string of the molecule is Cc1ccc([C@H](NC(=O)Cc2cc(C)no2)c2ccncc2)cc1. The first kappa shape index (κ1) is 15.9. The Bertz CT molecular complexity index is 810. The summed E-state index contributed by atoms with van der Waals surface area (Å²) >= 11 is 0. The van der Waals surface area contributed by atoms with Crippen LogP contribution in [0.15, 0.2) is 59.4 Å². The van der Waals surface area contributed by atoms with E-state index in [1.807, 2.05) is 50.2 Å². The molecule has 2 aromatic heterocycles. The van der Waals surface area contributed by atoms with Crippen molar-refractivity contribution in [3.8, 4) is 0 Å². The lowest BCUT2D eigenvalue weighted by Crippen LogP contribution is -2.30. The van der Waals surface area contributed by atoms with Crippen molar-refractivity contribution >= 4 is 5.91 Å². The summed E-state index contributed by atoms with van der Waals surface area (Å²) in [4.78, 5) is 16.5. The number of carbonyl (C=O) groups excluding carboxylic acids is 1. The van der Waals surface area contributed by atoms with Crippen molar-refractivity contribution in [1.29, 1.82) is 0 Å². The van der Waals surface area contributed by atoms with Crippen molar-refractivity contribution < 1.29 is 9.32 Å².